The average Bonchev–Trinajstić information content (AvgIpc) is 2.36. The summed E-state index contributed by atoms with van der Waals surface area (Å²) in [7, 11) is 0. The third-order valence-corrected chi connectivity index (χ3v) is 3.79. The van der Waals surface area contributed by atoms with E-state index in [1.54, 1.807) is 0 Å². The van der Waals surface area contributed by atoms with Crippen LogP contribution >= 0.6 is 0 Å². The highest BCUT2D eigenvalue weighted by atomic mass is 16.5. The number of aryl methyl sites for hydroxylation is 1. The fraction of sp³-hybridized carbons (Fsp3) is 0.643. The lowest BCUT2D eigenvalue weighted by Gasteiger charge is -2.32. The van der Waals surface area contributed by atoms with Gasteiger partial charge in [-0.1, -0.05) is 13.8 Å². The van der Waals surface area contributed by atoms with Gasteiger partial charge in [0.05, 0.1) is 11.3 Å². The molecule has 2 rings (SSSR count). The Hall–Kier alpha value is -0.890. The fourth-order valence-electron chi connectivity index (χ4n) is 2.68. The highest BCUT2D eigenvalue weighted by Gasteiger charge is 2.49. The second kappa shape index (κ2) is 3.30. The molecule has 1 aromatic rings. The molecular weight excluding hydrogens is 198 g/mol. The maximum atomic E-state index is 6.29. The van der Waals surface area contributed by atoms with Crippen molar-refractivity contribution in [3.8, 4) is 0 Å². The van der Waals surface area contributed by atoms with Crippen LogP contribution in [-0.2, 0) is 15.9 Å². The molecule has 0 saturated heterocycles. The summed E-state index contributed by atoms with van der Waals surface area (Å²) in [5.74, 6) is 0.441. The Morgan fingerprint density at radius 3 is 2.44 bits per heavy atom. The number of aromatic nitrogens is 1. The van der Waals surface area contributed by atoms with Gasteiger partial charge in [0, 0.05) is 11.8 Å². The third kappa shape index (κ3) is 1.40. The van der Waals surface area contributed by atoms with Crippen LogP contribution in [0.3, 0.4) is 0 Å². The van der Waals surface area contributed by atoms with Crippen LogP contribution in [0.4, 0.5) is 0 Å². The summed E-state index contributed by atoms with van der Waals surface area (Å²) in [4.78, 5) is 4.53. The Morgan fingerprint density at radius 1 is 1.25 bits per heavy atom. The molecule has 0 radical (unpaired) electrons. The van der Waals surface area contributed by atoms with Gasteiger partial charge in [0.15, 0.2) is 0 Å². The van der Waals surface area contributed by atoms with E-state index < -0.39 is 0 Å². The van der Waals surface area contributed by atoms with Crippen LogP contribution in [0, 0.1) is 12.8 Å². The van der Waals surface area contributed by atoms with Gasteiger partial charge in [0.25, 0.3) is 0 Å². The van der Waals surface area contributed by atoms with Crippen molar-refractivity contribution >= 4 is 0 Å². The molecule has 1 unspecified atom stereocenters. The number of hydrogen-bond donors (Lipinski definition) is 0. The van der Waals surface area contributed by atoms with Gasteiger partial charge in [-0.05, 0) is 45.2 Å². The topological polar surface area (TPSA) is 22.1 Å². The summed E-state index contributed by atoms with van der Waals surface area (Å²) in [6.07, 6.45) is 1.88. The summed E-state index contributed by atoms with van der Waals surface area (Å²) in [6.45, 7) is 12.9. The molecule has 1 aliphatic rings. The van der Waals surface area contributed by atoms with E-state index in [1.807, 2.05) is 6.20 Å². The summed E-state index contributed by atoms with van der Waals surface area (Å²) in [5.41, 5.74) is 3.18. The van der Waals surface area contributed by atoms with Gasteiger partial charge in [-0.2, -0.15) is 0 Å². The van der Waals surface area contributed by atoms with Crippen LogP contribution in [0.2, 0.25) is 0 Å². The first-order valence-corrected chi connectivity index (χ1v) is 5.96. The molecule has 0 aromatic carbocycles. The first kappa shape index (κ1) is 11.6. The standard InChI is InChI=1S/C14H21NO/c1-9(2)14(6)11-10(3)7-8-15-12(11)13(4,5)16-14/h7-9H,1-6H3. The predicted molar refractivity (Wildman–Crippen MR) is 65.3 cm³/mol. The van der Waals surface area contributed by atoms with Crippen molar-refractivity contribution in [1.29, 1.82) is 0 Å². The molecule has 0 N–H and O–H groups in total. The minimum absolute atomic E-state index is 0.211. The number of nitrogens with zero attached hydrogens (tertiary/aromatic N) is 1. The van der Waals surface area contributed by atoms with E-state index in [2.05, 4.69) is 52.6 Å². The van der Waals surface area contributed by atoms with Crippen LogP contribution in [0.5, 0.6) is 0 Å². The van der Waals surface area contributed by atoms with Crippen molar-refractivity contribution in [1.82, 2.24) is 4.98 Å². The Labute approximate surface area is 98.0 Å². The molecule has 1 aromatic heterocycles. The molecule has 0 bridgehead atoms. The fourth-order valence-corrected chi connectivity index (χ4v) is 2.68. The second-order valence-electron chi connectivity index (χ2n) is 5.73. The minimum atomic E-state index is -0.277. The van der Waals surface area contributed by atoms with Crippen molar-refractivity contribution in [2.45, 2.75) is 52.7 Å². The lowest BCUT2D eigenvalue weighted by Crippen LogP contribution is -2.31. The Bertz CT molecular complexity index is 423. The van der Waals surface area contributed by atoms with Crippen molar-refractivity contribution in [3.05, 3.63) is 29.1 Å². The number of fused-ring (bicyclic) bond motifs is 1. The van der Waals surface area contributed by atoms with Gasteiger partial charge in [-0.15, -0.1) is 0 Å². The van der Waals surface area contributed by atoms with Gasteiger partial charge in [0.1, 0.15) is 5.60 Å². The van der Waals surface area contributed by atoms with E-state index in [4.69, 9.17) is 4.74 Å². The van der Waals surface area contributed by atoms with Crippen LogP contribution in [0.1, 0.15) is 51.4 Å². The van der Waals surface area contributed by atoms with E-state index in [0.717, 1.165) is 5.69 Å². The van der Waals surface area contributed by atoms with Crippen molar-refractivity contribution in [2.75, 3.05) is 0 Å². The lowest BCUT2D eigenvalue weighted by atomic mass is 9.83. The van der Waals surface area contributed by atoms with E-state index in [0.29, 0.717) is 5.92 Å². The zero-order chi connectivity index (χ0) is 12.1. The molecule has 0 saturated carbocycles. The maximum absolute atomic E-state index is 6.29. The zero-order valence-corrected chi connectivity index (χ0v) is 11.1. The Balaban J connectivity index is 2.70. The molecule has 2 heteroatoms. The molecule has 1 aliphatic heterocycles. The molecule has 0 amide bonds. The summed E-state index contributed by atoms with van der Waals surface area (Å²) < 4.78 is 6.29. The van der Waals surface area contributed by atoms with Crippen molar-refractivity contribution < 1.29 is 4.74 Å². The zero-order valence-electron chi connectivity index (χ0n) is 11.1. The molecular formula is C14H21NO. The number of ether oxygens (including phenoxy) is 1. The molecule has 2 nitrogen and oxygen atoms in total. The van der Waals surface area contributed by atoms with Crippen LogP contribution < -0.4 is 0 Å². The first-order chi connectivity index (χ1) is 7.29. The van der Waals surface area contributed by atoms with Gasteiger partial charge in [-0.3, -0.25) is 4.98 Å². The lowest BCUT2D eigenvalue weighted by molar-refractivity contribution is -0.139. The molecule has 0 fully saturated rings. The highest BCUT2D eigenvalue weighted by molar-refractivity contribution is 5.41. The number of rotatable bonds is 1. The minimum Gasteiger partial charge on any atom is -0.358 e. The molecule has 1 atom stereocenters. The summed E-state index contributed by atoms with van der Waals surface area (Å²) in [6, 6.07) is 2.07. The van der Waals surface area contributed by atoms with Crippen molar-refractivity contribution in [3.63, 3.8) is 0 Å². The highest BCUT2D eigenvalue weighted by Crippen LogP contribution is 2.50. The molecule has 16 heavy (non-hydrogen) atoms. The van der Waals surface area contributed by atoms with Crippen LogP contribution in [-0.4, -0.2) is 4.98 Å². The van der Waals surface area contributed by atoms with Crippen LogP contribution in [0.25, 0.3) is 0 Å². The van der Waals surface area contributed by atoms with E-state index in [1.165, 1.54) is 11.1 Å². The van der Waals surface area contributed by atoms with Gasteiger partial charge < -0.3 is 4.74 Å². The maximum Gasteiger partial charge on any atom is 0.106 e. The molecule has 88 valence electrons. The second-order valence-corrected chi connectivity index (χ2v) is 5.73. The summed E-state index contributed by atoms with van der Waals surface area (Å²) >= 11 is 0. The average molecular weight is 219 g/mol. The third-order valence-electron chi connectivity index (χ3n) is 3.79. The van der Waals surface area contributed by atoms with Crippen LogP contribution in [0.15, 0.2) is 12.3 Å². The first-order valence-electron chi connectivity index (χ1n) is 5.96. The largest absolute Gasteiger partial charge is 0.358 e. The predicted octanol–water partition coefficient (Wildman–Crippen LogP) is 3.53. The quantitative estimate of drug-likeness (QED) is 0.721. The van der Waals surface area contributed by atoms with E-state index in [-0.39, 0.29) is 11.2 Å². The van der Waals surface area contributed by atoms with E-state index in [9.17, 15) is 0 Å². The van der Waals surface area contributed by atoms with Gasteiger partial charge >= 0.3 is 0 Å². The molecule has 2 heterocycles. The van der Waals surface area contributed by atoms with Gasteiger partial charge in [-0.25, -0.2) is 0 Å². The van der Waals surface area contributed by atoms with Crippen molar-refractivity contribution in [2.24, 2.45) is 5.92 Å². The normalized spacial score (nSPS) is 27.2. The monoisotopic (exact) mass is 219 g/mol. The Morgan fingerprint density at radius 2 is 1.88 bits per heavy atom. The number of hydrogen-bond acceptors (Lipinski definition) is 2. The molecule has 0 spiro atoms. The SMILES string of the molecule is Cc1ccnc2c1C(C)(C(C)C)OC2(C)C. The van der Waals surface area contributed by atoms with Gasteiger partial charge in [0.2, 0.25) is 0 Å². The molecule has 0 aliphatic carbocycles. The summed E-state index contributed by atoms with van der Waals surface area (Å²) in [5, 5.41) is 0. The van der Waals surface area contributed by atoms with E-state index >= 15 is 0 Å². The Kier molecular flexibility index (Phi) is 2.39. The number of pyridine rings is 1. The smallest absolute Gasteiger partial charge is 0.106 e.